The number of methoxy groups -OCH3 is 1. The maximum atomic E-state index is 11.8. The molecule has 0 radical (unpaired) electrons. The van der Waals surface area contributed by atoms with Crippen LogP contribution in [0.5, 0.6) is 0 Å². The smallest absolute Gasteiger partial charge is 0.408 e. The van der Waals surface area contributed by atoms with Crippen molar-refractivity contribution in [3.63, 3.8) is 0 Å². The van der Waals surface area contributed by atoms with Gasteiger partial charge < -0.3 is 20.1 Å². The number of benzene rings is 1. The van der Waals surface area contributed by atoms with Crippen LogP contribution in [-0.2, 0) is 14.3 Å². The lowest BCUT2D eigenvalue weighted by Crippen LogP contribution is -2.44. The third kappa shape index (κ3) is 8.98. The fourth-order valence-corrected chi connectivity index (χ4v) is 2.22. The lowest BCUT2D eigenvalue weighted by molar-refractivity contribution is -0.143. The van der Waals surface area contributed by atoms with Gasteiger partial charge in [0.2, 0.25) is 0 Å². The van der Waals surface area contributed by atoms with Crippen molar-refractivity contribution >= 4 is 17.7 Å². The van der Waals surface area contributed by atoms with Gasteiger partial charge in [0.05, 0.1) is 7.11 Å². The fraction of sp³-hybridized carbons (Fsp3) is 0.579. The van der Waals surface area contributed by atoms with Crippen LogP contribution < -0.4 is 10.6 Å². The van der Waals surface area contributed by atoms with Crippen molar-refractivity contribution in [2.45, 2.75) is 58.6 Å². The van der Waals surface area contributed by atoms with Gasteiger partial charge in [0.1, 0.15) is 11.6 Å². The molecule has 0 saturated heterocycles. The summed E-state index contributed by atoms with van der Waals surface area (Å²) in [5, 5.41) is 5.92. The van der Waals surface area contributed by atoms with Gasteiger partial charge in [0, 0.05) is 12.2 Å². The Bertz CT molecular complexity index is 550. The molecule has 0 aromatic heterocycles. The molecule has 0 aliphatic carbocycles. The number of ether oxygens (including phenoxy) is 2. The molecule has 0 heterocycles. The van der Waals surface area contributed by atoms with Crippen molar-refractivity contribution in [1.82, 2.24) is 5.32 Å². The molecule has 0 aliphatic rings. The fourth-order valence-electron chi connectivity index (χ4n) is 2.22. The number of hydrogen-bond donors (Lipinski definition) is 2. The van der Waals surface area contributed by atoms with E-state index in [2.05, 4.69) is 29.7 Å². The number of anilines is 1. The molecule has 140 valence electrons. The Kier molecular flexibility index (Phi) is 8.25. The van der Waals surface area contributed by atoms with Crippen LogP contribution >= 0.6 is 0 Å². The summed E-state index contributed by atoms with van der Waals surface area (Å²) < 4.78 is 9.94. The first-order valence-corrected chi connectivity index (χ1v) is 8.59. The summed E-state index contributed by atoms with van der Waals surface area (Å²) in [7, 11) is 1.31. The maximum absolute atomic E-state index is 11.8. The number of amides is 1. The summed E-state index contributed by atoms with van der Waals surface area (Å²) in [6.45, 7) is 8.17. The number of carbonyl (C=O) groups is 2. The van der Waals surface area contributed by atoms with E-state index >= 15 is 0 Å². The minimum Gasteiger partial charge on any atom is -0.467 e. The standard InChI is InChI=1S/C19H30N2O4/c1-14-9-11-15(12-10-14)20-13-7-6-8-16(17(22)24-5)21-18(23)25-19(2,3)4/h9-12,16,20H,6-8,13H2,1-5H3,(H,21,23)/t16-/m0/s1. The van der Waals surface area contributed by atoms with E-state index in [9.17, 15) is 9.59 Å². The Hall–Kier alpha value is -2.24. The third-order valence-corrected chi connectivity index (χ3v) is 3.48. The molecule has 0 spiro atoms. The topological polar surface area (TPSA) is 76.7 Å². The molecule has 0 saturated carbocycles. The SMILES string of the molecule is COC(=O)[C@H](CCCCNc1ccc(C)cc1)NC(=O)OC(C)(C)C. The van der Waals surface area contributed by atoms with Crippen LogP contribution in [0.25, 0.3) is 0 Å². The quantitative estimate of drug-likeness (QED) is 0.553. The van der Waals surface area contributed by atoms with Gasteiger partial charge in [-0.15, -0.1) is 0 Å². The minimum absolute atomic E-state index is 0.461. The molecule has 2 N–H and O–H groups in total. The molecule has 1 amide bonds. The lowest BCUT2D eigenvalue weighted by atomic mass is 10.1. The summed E-state index contributed by atoms with van der Waals surface area (Å²) in [6.07, 6.45) is 1.54. The number of alkyl carbamates (subject to hydrolysis) is 1. The first-order valence-electron chi connectivity index (χ1n) is 8.59. The summed E-state index contributed by atoms with van der Waals surface area (Å²) in [4.78, 5) is 23.7. The number of hydrogen-bond acceptors (Lipinski definition) is 5. The first kappa shape index (κ1) is 20.8. The van der Waals surface area contributed by atoms with Gasteiger partial charge in [-0.1, -0.05) is 17.7 Å². The average molecular weight is 350 g/mol. The third-order valence-electron chi connectivity index (χ3n) is 3.48. The Morgan fingerprint density at radius 2 is 1.76 bits per heavy atom. The molecule has 0 bridgehead atoms. The Labute approximate surface area is 150 Å². The second-order valence-electron chi connectivity index (χ2n) is 7.01. The molecule has 0 aliphatic heterocycles. The highest BCUT2D eigenvalue weighted by atomic mass is 16.6. The zero-order valence-corrected chi connectivity index (χ0v) is 15.8. The minimum atomic E-state index is -0.695. The van der Waals surface area contributed by atoms with Gasteiger partial charge in [-0.3, -0.25) is 0 Å². The van der Waals surface area contributed by atoms with Gasteiger partial charge in [0.25, 0.3) is 0 Å². The van der Waals surface area contributed by atoms with Gasteiger partial charge >= 0.3 is 12.1 Å². The largest absolute Gasteiger partial charge is 0.467 e. The molecule has 1 rings (SSSR count). The predicted molar refractivity (Wildman–Crippen MR) is 98.7 cm³/mol. The number of unbranched alkanes of at least 4 members (excludes halogenated alkanes) is 1. The highest BCUT2D eigenvalue weighted by molar-refractivity contribution is 5.81. The normalized spacial score (nSPS) is 12.2. The number of rotatable bonds is 8. The van der Waals surface area contributed by atoms with Crippen molar-refractivity contribution in [2.24, 2.45) is 0 Å². The number of carbonyl (C=O) groups excluding carboxylic acids is 2. The summed E-state index contributed by atoms with van der Waals surface area (Å²) in [5.74, 6) is -0.461. The van der Waals surface area contributed by atoms with Crippen LogP contribution in [0.3, 0.4) is 0 Å². The van der Waals surface area contributed by atoms with Crippen molar-refractivity contribution in [1.29, 1.82) is 0 Å². The van der Waals surface area contributed by atoms with E-state index in [1.54, 1.807) is 20.8 Å². The molecule has 25 heavy (non-hydrogen) atoms. The van der Waals surface area contributed by atoms with E-state index in [1.807, 2.05) is 12.1 Å². The van der Waals surface area contributed by atoms with Crippen LogP contribution in [0.2, 0.25) is 0 Å². The van der Waals surface area contributed by atoms with Crippen molar-refractivity contribution in [2.75, 3.05) is 19.0 Å². The number of aryl methyl sites for hydroxylation is 1. The number of nitrogens with one attached hydrogen (secondary N) is 2. The number of esters is 1. The van der Waals surface area contributed by atoms with E-state index in [0.717, 1.165) is 25.1 Å². The second kappa shape index (κ2) is 9.91. The molecular weight excluding hydrogens is 320 g/mol. The summed E-state index contributed by atoms with van der Waals surface area (Å²) in [6, 6.07) is 7.49. The first-order chi connectivity index (χ1) is 11.7. The average Bonchev–Trinajstić information content (AvgIpc) is 2.52. The van der Waals surface area contributed by atoms with E-state index in [4.69, 9.17) is 9.47 Å². The summed E-state index contributed by atoms with van der Waals surface area (Å²) in [5.41, 5.74) is 1.68. The second-order valence-corrected chi connectivity index (χ2v) is 7.01. The zero-order valence-electron chi connectivity index (χ0n) is 15.8. The van der Waals surface area contributed by atoms with Crippen molar-refractivity contribution in [3.05, 3.63) is 29.8 Å². The molecule has 6 heteroatoms. The monoisotopic (exact) mass is 350 g/mol. The van der Waals surface area contributed by atoms with Gasteiger partial charge in [0.15, 0.2) is 0 Å². The Balaban J connectivity index is 2.36. The van der Waals surface area contributed by atoms with Crippen LogP contribution in [-0.4, -0.2) is 37.4 Å². The van der Waals surface area contributed by atoms with Gasteiger partial charge in [-0.25, -0.2) is 9.59 Å². The van der Waals surface area contributed by atoms with Crippen molar-refractivity contribution in [3.8, 4) is 0 Å². The summed E-state index contributed by atoms with van der Waals surface area (Å²) >= 11 is 0. The molecule has 0 unspecified atom stereocenters. The Morgan fingerprint density at radius 3 is 2.32 bits per heavy atom. The van der Waals surface area contributed by atoms with Crippen LogP contribution in [0.15, 0.2) is 24.3 Å². The molecule has 0 fully saturated rings. The van der Waals surface area contributed by atoms with Gasteiger partial charge in [-0.2, -0.15) is 0 Å². The molecule has 1 atom stereocenters. The zero-order chi connectivity index (χ0) is 18.9. The maximum Gasteiger partial charge on any atom is 0.408 e. The van der Waals surface area contributed by atoms with Crippen molar-refractivity contribution < 1.29 is 19.1 Å². The molecular formula is C19H30N2O4. The van der Waals surface area contributed by atoms with E-state index in [-0.39, 0.29) is 0 Å². The van der Waals surface area contributed by atoms with Gasteiger partial charge in [-0.05, 0) is 59.1 Å². The van der Waals surface area contributed by atoms with Crippen LogP contribution in [0, 0.1) is 6.92 Å². The Morgan fingerprint density at radius 1 is 1.12 bits per heavy atom. The molecule has 1 aromatic rings. The molecule has 6 nitrogen and oxygen atoms in total. The highest BCUT2D eigenvalue weighted by Gasteiger charge is 2.24. The van der Waals surface area contributed by atoms with Crippen LogP contribution in [0.4, 0.5) is 10.5 Å². The van der Waals surface area contributed by atoms with Crippen LogP contribution in [0.1, 0.15) is 45.6 Å². The lowest BCUT2D eigenvalue weighted by Gasteiger charge is -2.22. The van der Waals surface area contributed by atoms with E-state index in [1.165, 1.54) is 12.7 Å². The molecule has 1 aromatic carbocycles. The van der Waals surface area contributed by atoms with E-state index < -0.39 is 23.7 Å². The van der Waals surface area contributed by atoms with E-state index in [0.29, 0.717) is 6.42 Å². The predicted octanol–water partition coefficient (Wildman–Crippen LogP) is 3.64. The highest BCUT2D eigenvalue weighted by Crippen LogP contribution is 2.11.